The van der Waals surface area contributed by atoms with Crippen molar-refractivity contribution in [2.24, 2.45) is 0 Å². The van der Waals surface area contributed by atoms with E-state index in [0.29, 0.717) is 5.56 Å². The van der Waals surface area contributed by atoms with Crippen LogP contribution >= 0.6 is 0 Å². The second-order valence-electron chi connectivity index (χ2n) is 7.06. The molecule has 2 heterocycles. The van der Waals surface area contributed by atoms with Gasteiger partial charge in [-0.1, -0.05) is 18.2 Å². The fourth-order valence-electron chi connectivity index (χ4n) is 3.78. The van der Waals surface area contributed by atoms with Gasteiger partial charge in [0.25, 0.3) is 0 Å². The van der Waals surface area contributed by atoms with Gasteiger partial charge in [-0.2, -0.15) is 0 Å². The molecule has 0 bridgehead atoms. The minimum absolute atomic E-state index is 0.437. The zero-order chi connectivity index (χ0) is 17.8. The molecule has 136 valence electrons. The van der Waals surface area contributed by atoms with Crippen LogP contribution in [0.15, 0.2) is 30.3 Å². The molecule has 2 saturated heterocycles. The quantitative estimate of drug-likeness (QED) is 0.803. The van der Waals surface area contributed by atoms with Gasteiger partial charge in [0.15, 0.2) is 18.2 Å². The Kier molecular flexibility index (Phi) is 4.09. The minimum atomic E-state index is -0.923. The lowest BCUT2D eigenvalue weighted by atomic mass is 9.85. The fourth-order valence-corrected chi connectivity index (χ4v) is 3.78. The van der Waals surface area contributed by atoms with Crippen LogP contribution in [0.5, 0.6) is 0 Å². The van der Waals surface area contributed by atoms with Crippen LogP contribution < -0.4 is 0 Å². The van der Waals surface area contributed by atoms with E-state index in [9.17, 15) is 9.90 Å². The second kappa shape index (κ2) is 6.03. The van der Waals surface area contributed by atoms with Crippen LogP contribution in [0, 0.1) is 0 Å². The van der Waals surface area contributed by atoms with Gasteiger partial charge in [-0.25, -0.2) is 4.79 Å². The van der Waals surface area contributed by atoms with E-state index in [1.165, 1.54) is 0 Å². The predicted molar refractivity (Wildman–Crippen MR) is 84.7 cm³/mol. The van der Waals surface area contributed by atoms with Gasteiger partial charge in [0.05, 0.1) is 5.56 Å². The number of fused-ring (bicyclic) bond motifs is 2. The molecule has 2 aliphatic heterocycles. The number of rotatable bonds is 2. The molecule has 3 aliphatic rings. The Morgan fingerprint density at radius 2 is 1.68 bits per heavy atom. The van der Waals surface area contributed by atoms with Gasteiger partial charge in [-0.3, -0.25) is 0 Å². The molecule has 25 heavy (non-hydrogen) atoms. The molecule has 1 N–H and O–H groups in total. The molecule has 3 fully saturated rings. The first-order valence-corrected chi connectivity index (χ1v) is 8.46. The standard InChI is InChI=1S/C18H22O7/c1-9-21-12-11(19)13-16(25-18(2,3)24-13)15(14(12)22-9)23-17(20)10-7-5-4-6-8-10/h4-9,11-16,19H,1-3H3/t9?,11-,12-,13+,14+,15-,16-/m1/s1. The number of hydrogen-bond donors (Lipinski definition) is 1. The summed E-state index contributed by atoms with van der Waals surface area (Å²) in [6, 6.07) is 8.72. The summed E-state index contributed by atoms with van der Waals surface area (Å²) in [5, 5.41) is 10.6. The molecule has 1 unspecified atom stereocenters. The van der Waals surface area contributed by atoms with Crippen LogP contribution in [0.25, 0.3) is 0 Å². The molecule has 0 aromatic heterocycles. The summed E-state index contributed by atoms with van der Waals surface area (Å²) < 4.78 is 28.9. The molecule has 4 rings (SSSR count). The van der Waals surface area contributed by atoms with Crippen molar-refractivity contribution in [1.29, 1.82) is 0 Å². The van der Waals surface area contributed by atoms with Crippen molar-refractivity contribution < 1.29 is 33.6 Å². The lowest BCUT2D eigenvalue weighted by molar-refractivity contribution is -0.165. The van der Waals surface area contributed by atoms with Crippen molar-refractivity contribution in [3.8, 4) is 0 Å². The summed E-state index contributed by atoms with van der Waals surface area (Å²) in [5.74, 6) is -1.37. The van der Waals surface area contributed by atoms with E-state index in [1.54, 1.807) is 45.0 Å². The third kappa shape index (κ3) is 2.96. The van der Waals surface area contributed by atoms with Crippen LogP contribution in [0.2, 0.25) is 0 Å². The maximum absolute atomic E-state index is 12.5. The third-order valence-electron chi connectivity index (χ3n) is 4.76. The number of aliphatic hydroxyl groups excluding tert-OH is 1. The van der Waals surface area contributed by atoms with E-state index in [0.717, 1.165) is 0 Å². The Labute approximate surface area is 145 Å². The Hall–Kier alpha value is -1.51. The molecular formula is C18H22O7. The molecular weight excluding hydrogens is 328 g/mol. The molecule has 1 aliphatic carbocycles. The number of ether oxygens (including phenoxy) is 5. The topological polar surface area (TPSA) is 83.5 Å². The molecule has 0 radical (unpaired) electrons. The third-order valence-corrected chi connectivity index (χ3v) is 4.76. The van der Waals surface area contributed by atoms with E-state index < -0.39 is 54.7 Å². The Morgan fingerprint density at radius 3 is 2.40 bits per heavy atom. The largest absolute Gasteiger partial charge is 0.453 e. The maximum atomic E-state index is 12.5. The molecule has 1 aromatic rings. The first-order chi connectivity index (χ1) is 11.9. The van der Waals surface area contributed by atoms with Crippen molar-refractivity contribution in [2.45, 2.75) is 69.5 Å². The SMILES string of the molecule is CC1O[C@@H]2[C@@H](OC(=O)c3ccccc3)[C@@H]3OC(C)(C)O[C@H]3[C@H](O)[C@H]2O1. The number of hydrogen-bond acceptors (Lipinski definition) is 7. The van der Waals surface area contributed by atoms with Crippen LogP contribution in [0.1, 0.15) is 31.1 Å². The zero-order valence-electron chi connectivity index (χ0n) is 14.3. The van der Waals surface area contributed by atoms with Gasteiger partial charge >= 0.3 is 5.97 Å². The number of esters is 1. The van der Waals surface area contributed by atoms with Crippen molar-refractivity contribution in [3.63, 3.8) is 0 Å². The first-order valence-electron chi connectivity index (χ1n) is 8.46. The van der Waals surface area contributed by atoms with Crippen LogP contribution in [-0.2, 0) is 23.7 Å². The van der Waals surface area contributed by atoms with E-state index in [1.807, 2.05) is 6.07 Å². The van der Waals surface area contributed by atoms with Crippen molar-refractivity contribution in [3.05, 3.63) is 35.9 Å². The average Bonchev–Trinajstić information content (AvgIpc) is 3.12. The molecule has 7 atom stereocenters. The molecule has 1 saturated carbocycles. The normalized spacial score (nSPS) is 41.8. The second-order valence-corrected chi connectivity index (χ2v) is 7.06. The van der Waals surface area contributed by atoms with Crippen molar-refractivity contribution >= 4 is 5.97 Å². The number of aliphatic hydroxyl groups is 1. The van der Waals surface area contributed by atoms with Gasteiger partial charge < -0.3 is 28.8 Å². The minimum Gasteiger partial charge on any atom is -0.453 e. The van der Waals surface area contributed by atoms with E-state index >= 15 is 0 Å². The van der Waals surface area contributed by atoms with Gasteiger partial charge in [0.2, 0.25) is 0 Å². The first kappa shape index (κ1) is 16.9. The summed E-state index contributed by atoms with van der Waals surface area (Å²) in [4.78, 5) is 12.5. The van der Waals surface area contributed by atoms with Gasteiger partial charge in [0, 0.05) is 0 Å². The molecule has 7 heteroatoms. The Morgan fingerprint density at radius 1 is 1.04 bits per heavy atom. The monoisotopic (exact) mass is 350 g/mol. The van der Waals surface area contributed by atoms with Crippen LogP contribution in [0.4, 0.5) is 0 Å². The van der Waals surface area contributed by atoms with E-state index in [-0.39, 0.29) is 0 Å². The summed E-state index contributed by atoms with van der Waals surface area (Å²) in [5.41, 5.74) is 0.437. The maximum Gasteiger partial charge on any atom is 0.338 e. The van der Waals surface area contributed by atoms with Gasteiger partial charge in [-0.15, -0.1) is 0 Å². The summed E-state index contributed by atoms with van der Waals surface area (Å²) in [6.45, 7) is 5.25. The molecule has 0 spiro atoms. The smallest absolute Gasteiger partial charge is 0.338 e. The number of carbonyl (C=O) groups is 1. The fraction of sp³-hybridized carbons (Fsp3) is 0.611. The van der Waals surface area contributed by atoms with Crippen molar-refractivity contribution in [2.75, 3.05) is 0 Å². The lowest BCUT2D eigenvalue weighted by Crippen LogP contribution is -2.62. The number of benzene rings is 1. The lowest BCUT2D eigenvalue weighted by Gasteiger charge is -2.40. The number of carbonyl (C=O) groups excluding carboxylic acids is 1. The highest BCUT2D eigenvalue weighted by Crippen LogP contribution is 2.43. The zero-order valence-corrected chi connectivity index (χ0v) is 14.3. The highest BCUT2D eigenvalue weighted by molar-refractivity contribution is 5.89. The van der Waals surface area contributed by atoms with Crippen molar-refractivity contribution in [1.82, 2.24) is 0 Å². The molecule has 1 aromatic carbocycles. The molecule has 0 amide bonds. The summed E-state index contributed by atoms with van der Waals surface area (Å²) >= 11 is 0. The van der Waals surface area contributed by atoms with E-state index in [2.05, 4.69) is 0 Å². The summed E-state index contributed by atoms with van der Waals surface area (Å²) in [7, 11) is 0. The summed E-state index contributed by atoms with van der Waals surface area (Å²) in [6.07, 6.45) is -4.70. The van der Waals surface area contributed by atoms with E-state index in [4.69, 9.17) is 23.7 Å². The highest BCUT2D eigenvalue weighted by Gasteiger charge is 2.62. The Bertz CT molecular complexity index is 646. The average molecular weight is 350 g/mol. The highest BCUT2D eigenvalue weighted by atomic mass is 16.8. The van der Waals surface area contributed by atoms with Gasteiger partial charge in [-0.05, 0) is 32.9 Å². The predicted octanol–water partition coefficient (Wildman–Crippen LogP) is 1.24. The Balaban J connectivity index is 1.62. The van der Waals surface area contributed by atoms with Crippen LogP contribution in [-0.4, -0.2) is 59.8 Å². The van der Waals surface area contributed by atoms with Gasteiger partial charge in [0.1, 0.15) is 30.5 Å². The molecule has 7 nitrogen and oxygen atoms in total. The van der Waals surface area contributed by atoms with Crippen LogP contribution in [0.3, 0.4) is 0 Å².